The molecule has 0 heterocycles. The lowest BCUT2D eigenvalue weighted by Crippen LogP contribution is -2.11. The first-order chi connectivity index (χ1) is 10.7. The predicted molar refractivity (Wildman–Crippen MR) is 87.3 cm³/mol. The number of benzene rings is 2. The summed E-state index contributed by atoms with van der Waals surface area (Å²) in [4.78, 5) is 11.9. The first-order valence-electron chi connectivity index (χ1n) is 7.48. The minimum atomic E-state index is -0.224. The van der Waals surface area contributed by atoms with Crippen LogP contribution in [0.3, 0.4) is 0 Å². The van der Waals surface area contributed by atoms with Gasteiger partial charge in [-0.25, -0.2) is 0 Å². The molecule has 0 bridgehead atoms. The number of hydrogen-bond donors (Lipinski definition) is 0. The van der Waals surface area contributed by atoms with E-state index in [0.29, 0.717) is 6.42 Å². The summed E-state index contributed by atoms with van der Waals surface area (Å²) in [7, 11) is 3.08. The van der Waals surface area contributed by atoms with Crippen molar-refractivity contribution < 1.29 is 14.3 Å². The van der Waals surface area contributed by atoms with E-state index in [-0.39, 0.29) is 11.9 Å². The maximum atomic E-state index is 11.9. The smallest absolute Gasteiger partial charge is 0.306 e. The van der Waals surface area contributed by atoms with Crippen LogP contribution in [0.25, 0.3) is 0 Å². The number of carbonyl (C=O) groups excluding carboxylic acids is 1. The Morgan fingerprint density at radius 3 is 2.41 bits per heavy atom. The van der Waals surface area contributed by atoms with Crippen molar-refractivity contribution in [1.82, 2.24) is 0 Å². The van der Waals surface area contributed by atoms with Gasteiger partial charge in [-0.2, -0.15) is 0 Å². The second-order valence-corrected chi connectivity index (χ2v) is 5.17. The summed E-state index contributed by atoms with van der Waals surface area (Å²) in [5, 5.41) is 0. The SMILES string of the molecule is CCc1ccc(OC)c(C(CC(=O)OC)c2ccccc2)c1. The molecule has 0 aliphatic heterocycles. The number of methoxy groups -OCH3 is 2. The molecule has 0 spiro atoms. The molecule has 0 N–H and O–H groups in total. The number of ether oxygens (including phenoxy) is 2. The second kappa shape index (κ2) is 7.64. The molecule has 2 aromatic carbocycles. The highest BCUT2D eigenvalue weighted by Gasteiger charge is 2.22. The summed E-state index contributed by atoms with van der Waals surface area (Å²) in [6.07, 6.45) is 1.24. The largest absolute Gasteiger partial charge is 0.496 e. The van der Waals surface area contributed by atoms with Crippen molar-refractivity contribution in [3.63, 3.8) is 0 Å². The molecule has 0 aliphatic rings. The van der Waals surface area contributed by atoms with Crippen LogP contribution in [0, 0.1) is 0 Å². The van der Waals surface area contributed by atoms with Gasteiger partial charge in [0.1, 0.15) is 5.75 Å². The van der Waals surface area contributed by atoms with Crippen molar-refractivity contribution in [2.75, 3.05) is 14.2 Å². The van der Waals surface area contributed by atoms with E-state index in [2.05, 4.69) is 19.1 Å². The van der Waals surface area contributed by atoms with Gasteiger partial charge in [-0.3, -0.25) is 4.79 Å². The van der Waals surface area contributed by atoms with E-state index in [1.807, 2.05) is 36.4 Å². The third-order valence-corrected chi connectivity index (χ3v) is 3.88. The van der Waals surface area contributed by atoms with Gasteiger partial charge < -0.3 is 9.47 Å². The molecule has 22 heavy (non-hydrogen) atoms. The maximum absolute atomic E-state index is 11.9. The summed E-state index contributed by atoms with van der Waals surface area (Å²) >= 11 is 0. The highest BCUT2D eigenvalue weighted by molar-refractivity contribution is 5.71. The molecule has 0 amide bonds. The van der Waals surface area contributed by atoms with Gasteiger partial charge in [0.05, 0.1) is 20.6 Å². The molecule has 3 nitrogen and oxygen atoms in total. The van der Waals surface area contributed by atoms with Gasteiger partial charge in [-0.05, 0) is 23.6 Å². The molecule has 1 atom stereocenters. The van der Waals surface area contributed by atoms with Crippen LogP contribution in [0.15, 0.2) is 48.5 Å². The second-order valence-electron chi connectivity index (χ2n) is 5.17. The topological polar surface area (TPSA) is 35.5 Å². The molecule has 1 unspecified atom stereocenters. The lowest BCUT2D eigenvalue weighted by atomic mass is 9.87. The molecular formula is C19H22O3. The summed E-state index contributed by atoms with van der Waals surface area (Å²) < 4.78 is 10.4. The Hall–Kier alpha value is -2.29. The number of rotatable bonds is 6. The van der Waals surface area contributed by atoms with Gasteiger partial charge in [0.15, 0.2) is 0 Å². The summed E-state index contributed by atoms with van der Waals surface area (Å²) in [6.45, 7) is 2.11. The molecule has 0 radical (unpaired) electrons. The van der Waals surface area contributed by atoms with Crippen molar-refractivity contribution in [1.29, 1.82) is 0 Å². The average molecular weight is 298 g/mol. The third kappa shape index (κ3) is 3.67. The summed E-state index contributed by atoms with van der Waals surface area (Å²) in [5.74, 6) is 0.503. The fourth-order valence-electron chi connectivity index (χ4n) is 2.62. The van der Waals surface area contributed by atoms with Crippen LogP contribution in [0.1, 0.15) is 36.0 Å². The lowest BCUT2D eigenvalue weighted by Gasteiger charge is -2.20. The first-order valence-corrected chi connectivity index (χ1v) is 7.48. The summed E-state index contributed by atoms with van der Waals surface area (Å²) in [6, 6.07) is 16.2. The standard InChI is InChI=1S/C19H22O3/c1-4-14-10-11-18(21-2)17(12-14)16(13-19(20)22-3)15-8-6-5-7-9-15/h5-12,16H,4,13H2,1-3H3. The van der Waals surface area contributed by atoms with Crippen LogP contribution in [0.2, 0.25) is 0 Å². The molecular weight excluding hydrogens is 276 g/mol. The van der Waals surface area contributed by atoms with Crippen LogP contribution in [-0.4, -0.2) is 20.2 Å². The van der Waals surface area contributed by atoms with Crippen LogP contribution in [0.5, 0.6) is 5.75 Å². The highest BCUT2D eigenvalue weighted by atomic mass is 16.5. The molecule has 3 heteroatoms. The Morgan fingerprint density at radius 2 is 1.82 bits per heavy atom. The molecule has 0 aromatic heterocycles. The highest BCUT2D eigenvalue weighted by Crippen LogP contribution is 2.35. The predicted octanol–water partition coefficient (Wildman–Crippen LogP) is 3.95. The molecule has 0 saturated heterocycles. The van der Waals surface area contributed by atoms with E-state index in [1.165, 1.54) is 12.7 Å². The molecule has 0 saturated carbocycles. The maximum Gasteiger partial charge on any atom is 0.306 e. The van der Waals surface area contributed by atoms with Gasteiger partial charge in [-0.15, -0.1) is 0 Å². The fraction of sp³-hybridized carbons (Fsp3) is 0.316. The van der Waals surface area contributed by atoms with E-state index in [4.69, 9.17) is 9.47 Å². The molecule has 116 valence electrons. The minimum absolute atomic E-state index is 0.0740. The number of hydrogen-bond acceptors (Lipinski definition) is 3. The van der Waals surface area contributed by atoms with Crippen molar-refractivity contribution in [3.05, 3.63) is 65.2 Å². The zero-order valence-electron chi connectivity index (χ0n) is 13.3. The Bertz CT molecular complexity index is 620. The van der Waals surface area contributed by atoms with E-state index in [1.54, 1.807) is 7.11 Å². The fourth-order valence-corrected chi connectivity index (χ4v) is 2.62. The van der Waals surface area contributed by atoms with E-state index in [0.717, 1.165) is 23.3 Å². The van der Waals surface area contributed by atoms with E-state index >= 15 is 0 Å². The quantitative estimate of drug-likeness (QED) is 0.757. The molecule has 2 rings (SSSR count). The summed E-state index contributed by atoms with van der Waals surface area (Å²) in [5.41, 5.74) is 3.33. The monoisotopic (exact) mass is 298 g/mol. The Balaban J connectivity index is 2.50. The Morgan fingerprint density at radius 1 is 1.09 bits per heavy atom. The number of carbonyl (C=O) groups is 1. The van der Waals surface area contributed by atoms with Gasteiger partial charge in [0.25, 0.3) is 0 Å². The average Bonchev–Trinajstić information content (AvgIpc) is 2.59. The Labute approximate surface area is 131 Å². The van der Waals surface area contributed by atoms with Crippen molar-refractivity contribution >= 4 is 5.97 Å². The van der Waals surface area contributed by atoms with E-state index in [9.17, 15) is 4.79 Å². The normalized spacial score (nSPS) is 11.8. The van der Waals surface area contributed by atoms with Gasteiger partial charge in [0.2, 0.25) is 0 Å². The van der Waals surface area contributed by atoms with Gasteiger partial charge in [-0.1, -0.05) is 49.4 Å². The van der Waals surface area contributed by atoms with Gasteiger partial charge in [0, 0.05) is 11.5 Å². The van der Waals surface area contributed by atoms with Crippen LogP contribution in [0.4, 0.5) is 0 Å². The van der Waals surface area contributed by atoms with Crippen molar-refractivity contribution in [2.45, 2.75) is 25.7 Å². The zero-order valence-corrected chi connectivity index (χ0v) is 13.3. The Kier molecular flexibility index (Phi) is 5.59. The van der Waals surface area contributed by atoms with Crippen molar-refractivity contribution in [3.8, 4) is 5.75 Å². The third-order valence-electron chi connectivity index (χ3n) is 3.88. The van der Waals surface area contributed by atoms with Crippen LogP contribution < -0.4 is 4.74 Å². The molecule has 0 aliphatic carbocycles. The minimum Gasteiger partial charge on any atom is -0.496 e. The van der Waals surface area contributed by atoms with Crippen LogP contribution in [-0.2, 0) is 16.0 Å². The lowest BCUT2D eigenvalue weighted by molar-refractivity contribution is -0.140. The number of aryl methyl sites for hydroxylation is 1. The van der Waals surface area contributed by atoms with E-state index < -0.39 is 0 Å². The van der Waals surface area contributed by atoms with Crippen LogP contribution >= 0.6 is 0 Å². The molecule has 0 fully saturated rings. The zero-order chi connectivity index (χ0) is 15.9. The van der Waals surface area contributed by atoms with Crippen molar-refractivity contribution in [2.24, 2.45) is 0 Å². The first kappa shape index (κ1) is 16.1. The van der Waals surface area contributed by atoms with Gasteiger partial charge >= 0.3 is 5.97 Å². The molecule has 2 aromatic rings. The number of esters is 1.